The van der Waals surface area contributed by atoms with E-state index in [0.717, 1.165) is 36.5 Å². The van der Waals surface area contributed by atoms with E-state index in [0.29, 0.717) is 5.92 Å². The summed E-state index contributed by atoms with van der Waals surface area (Å²) in [5, 5.41) is 1.21. The van der Waals surface area contributed by atoms with Crippen molar-refractivity contribution in [3.05, 3.63) is 10.7 Å². The van der Waals surface area contributed by atoms with E-state index >= 15 is 0 Å². The monoisotopic (exact) mass is 309 g/mol. The van der Waals surface area contributed by atoms with Crippen LogP contribution in [0.5, 0.6) is 0 Å². The third kappa shape index (κ3) is 2.79. The molecule has 2 fully saturated rings. The third-order valence-electron chi connectivity index (χ3n) is 4.89. The predicted octanol–water partition coefficient (Wildman–Crippen LogP) is 2.64. The van der Waals surface area contributed by atoms with Gasteiger partial charge in [-0.05, 0) is 47.5 Å². The smallest absolute Gasteiger partial charge is 0.399 e. The summed E-state index contributed by atoms with van der Waals surface area (Å²) < 4.78 is 18.9. The van der Waals surface area contributed by atoms with Gasteiger partial charge in [-0.3, -0.25) is 0 Å². The second-order valence-electron chi connectivity index (χ2n) is 6.98. The quantitative estimate of drug-likeness (QED) is 0.788. The normalized spacial score (nSPS) is 25.5. The summed E-state index contributed by atoms with van der Waals surface area (Å²) >= 11 is 1.75. The number of hydrogen-bond acceptors (Lipinski definition) is 5. The van der Waals surface area contributed by atoms with Crippen LogP contribution in [0.15, 0.2) is 0 Å². The molecule has 116 valence electrons. The number of aromatic nitrogens is 1. The Morgan fingerprint density at radius 2 is 1.67 bits per heavy atom. The molecular weight excluding hydrogens is 285 g/mol. The lowest BCUT2D eigenvalue weighted by atomic mass is 9.86. The van der Waals surface area contributed by atoms with Crippen LogP contribution < -0.4 is 4.78 Å². The number of rotatable bonds is 2. The molecule has 0 spiro atoms. The largest absolute Gasteiger partial charge is 0.507 e. The van der Waals surface area contributed by atoms with E-state index in [-0.39, 0.29) is 18.3 Å². The third-order valence-corrected chi connectivity index (χ3v) is 6.23. The summed E-state index contributed by atoms with van der Waals surface area (Å²) in [6.07, 6.45) is 2.13. The summed E-state index contributed by atoms with van der Waals surface area (Å²) in [5.74, 6) is 0.527. The Balaban J connectivity index is 1.82. The molecule has 1 aromatic heterocycles. The van der Waals surface area contributed by atoms with Crippen LogP contribution in [0.3, 0.4) is 0 Å². The van der Waals surface area contributed by atoms with Gasteiger partial charge in [-0.1, -0.05) is 0 Å². The van der Waals surface area contributed by atoms with Gasteiger partial charge in [0.1, 0.15) is 0 Å². The molecule has 0 unspecified atom stereocenters. The van der Waals surface area contributed by atoms with E-state index in [9.17, 15) is 0 Å². The van der Waals surface area contributed by atoms with Gasteiger partial charge in [0.25, 0.3) is 0 Å². The fraction of sp³-hybridized carbons (Fsp3) is 0.800. The average molecular weight is 309 g/mol. The van der Waals surface area contributed by atoms with Crippen LogP contribution in [-0.4, -0.2) is 36.5 Å². The van der Waals surface area contributed by atoms with Crippen molar-refractivity contribution in [3.63, 3.8) is 0 Å². The molecule has 0 atom stereocenters. The second kappa shape index (κ2) is 5.34. The number of hydrogen-bond donors (Lipinski definition) is 0. The minimum Gasteiger partial charge on any atom is -0.399 e. The molecule has 4 nitrogen and oxygen atoms in total. The van der Waals surface area contributed by atoms with Gasteiger partial charge in [-0.25, -0.2) is 4.98 Å². The van der Waals surface area contributed by atoms with E-state index in [2.05, 4.69) is 34.6 Å². The Hall–Kier alpha value is -0.425. The standard InChI is InChI=1S/C15H24BNO3S/c1-10-12(16-19-14(2,3)15(4,5)20-16)21-13(17-10)11-6-8-18-9-7-11/h11H,6-9H2,1-5H3. The van der Waals surface area contributed by atoms with E-state index in [4.69, 9.17) is 19.0 Å². The van der Waals surface area contributed by atoms with Crippen LogP contribution in [-0.2, 0) is 14.0 Å². The number of thiazole rings is 1. The molecule has 2 aliphatic heterocycles. The van der Waals surface area contributed by atoms with Gasteiger partial charge in [0, 0.05) is 24.8 Å². The first kappa shape index (κ1) is 15.5. The Labute approximate surface area is 131 Å². The van der Waals surface area contributed by atoms with Crippen LogP contribution in [0.2, 0.25) is 0 Å². The summed E-state index contributed by atoms with van der Waals surface area (Å²) in [7, 11) is -0.291. The predicted molar refractivity (Wildman–Crippen MR) is 85.4 cm³/mol. The van der Waals surface area contributed by atoms with Gasteiger partial charge >= 0.3 is 7.12 Å². The van der Waals surface area contributed by atoms with Crippen LogP contribution >= 0.6 is 11.3 Å². The SMILES string of the molecule is Cc1nc(C2CCOCC2)sc1B1OC(C)(C)C(C)(C)O1. The lowest BCUT2D eigenvalue weighted by molar-refractivity contribution is 0.00578. The molecule has 0 radical (unpaired) electrons. The highest BCUT2D eigenvalue weighted by Gasteiger charge is 2.53. The number of ether oxygens (including phenoxy) is 1. The highest BCUT2D eigenvalue weighted by Crippen LogP contribution is 2.38. The molecule has 2 aliphatic rings. The first-order valence-corrected chi connectivity index (χ1v) is 8.52. The summed E-state index contributed by atoms with van der Waals surface area (Å²) in [6, 6.07) is 0. The van der Waals surface area contributed by atoms with Crippen molar-refractivity contribution in [2.45, 2.75) is 64.6 Å². The van der Waals surface area contributed by atoms with E-state index in [1.54, 1.807) is 11.3 Å². The maximum absolute atomic E-state index is 6.16. The second-order valence-corrected chi connectivity index (χ2v) is 8.04. The van der Waals surface area contributed by atoms with Crippen molar-refractivity contribution >= 4 is 23.2 Å². The maximum Gasteiger partial charge on any atom is 0.507 e. The van der Waals surface area contributed by atoms with Crippen molar-refractivity contribution in [1.29, 1.82) is 0 Å². The highest BCUT2D eigenvalue weighted by atomic mass is 32.1. The molecule has 0 N–H and O–H groups in total. The fourth-order valence-corrected chi connectivity index (χ4v) is 3.91. The minimum absolute atomic E-state index is 0.291. The van der Waals surface area contributed by atoms with Crippen LogP contribution in [0, 0.1) is 6.92 Å². The maximum atomic E-state index is 6.16. The first-order valence-electron chi connectivity index (χ1n) is 7.71. The zero-order chi connectivity index (χ0) is 15.3. The summed E-state index contributed by atoms with van der Waals surface area (Å²) in [5.41, 5.74) is 0.444. The molecule has 3 heterocycles. The first-order chi connectivity index (χ1) is 9.80. The van der Waals surface area contributed by atoms with Gasteiger partial charge in [-0.2, -0.15) is 0 Å². The Kier molecular flexibility index (Phi) is 3.93. The number of nitrogens with zero attached hydrogens (tertiary/aromatic N) is 1. The fourth-order valence-electron chi connectivity index (χ4n) is 2.72. The van der Waals surface area contributed by atoms with Crippen molar-refractivity contribution in [3.8, 4) is 0 Å². The average Bonchev–Trinajstić information content (AvgIpc) is 2.89. The Bertz CT molecular complexity index is 507. The van der Waals surface area contributed by atoms with E-state index in [1.807, 2.05) is 0 Å². The number of aryl methyl sites for hydroxylation is 1. The minimum atomic E-state index is -0.299. The zero-order valence-corrected chi connectivity index (χ0v) is 14.4. The molecule has 6 heteroatoms. The summed E-state index contributed by atoms with van der Waals surface area (Å²) in [6.45, 7) is 12.1. The van der Waals surface area contributed by atoms with Crippen LogP contribution in [0.1, 0.15) is 57.2 Å². The molecule has 0 saturated carbocycles. The van der Waals surface area contributed by atoms with Crippen LogP contribution in [0.25, 0.3) is 0 Å². The lowest BCUT2D eigenvalue weighted by Crippen LogP contribution is -2.41. The van der Waals surface area contributed by atoms with Gasteiger partial charge < -0.3 is 14.0 Å². The molecule has 3 rings (SSSR count). The van der Waals surface area contributed by atoms with Gasteiger partial charge in [0.2, 0.25) is 0 Å². The topological polar surface area (TPSA) is 40.6 Å². The van der Waals surface area contributed by atoms with Crippen molar-refractivity contribution in [2.24, 2.45) is 0 Å². The van der Waals surface area contributed by atoms with E-state index in [1.165, 1.54) is 5.01 Å². The lowest BCUT2D eigenvalue weighted by Gasteiger charge is -2.32. The molecule has 21 heavy (non-hydrogen) atoms. The molecule has 0 aliphatic carbocycles. The van der Waals surface area contributed by atoms with Gasteiger partial charge in [0.05, 0.1) is 21.0 Å². The molecule has 2 saturated heterocycles. The van der Waals surface area contributed by atoms with E-state index < -0.39 is 0 Å². The Morgan fingerprint density at radius 1 is 1.10 bits per heavy atom. The van der Waals surface area contributed by atoms with Gasteiger partial charge in [-0.15, -0.1) is 11.3 Å². The molecule has 0 aromatic carbocycles. The zero-order valence-electron chi connectivity index (χ0n) is 13.6. The summed E-state index contributed by atoms with van der Waals surface area (Å²) in [4.78, 5) is 4.78. The van der Waals surface area contributed by atoms with Gasteiger partial charge in [0.15, 0.2) is 0 Å². The molecular formula is C15H24BNO3S. The molecule has 0 bridgehead atoms. The molecule has 1 aromatic rings. The van der Waals surface area contributed by atoms with Crippen molar-refractivity contribution < 1.29 is 14.0 Å². The highest BCUT2D eigenvalue weighted by molar-refractivity contribution is 7.22. The Morgan fingerprint density at radius 3 is 2.24 bits per heavy atom. The van der Waals surface area contributed by atoms with Crippen molar-refractivity contribution in [1.82, 2.24) is 4.98 Å². The molecule has 0 amide bonds. The van der Waals surface area contributed by atoms with Crippen LogP contribution in [0.4, 0.5) is 0 Å². The van der Waals surface area contributed by atoms with Crippen molar-refractivity contribution in [2.75, 3.05) is 13.2 Å².